The van der Waals surface area contributed by atoms with Crippen LogP contribution in [-0.4, -0.2) is 38.6 Å². The van der Waals surface area contributed by atoms with Gasteiger partial charge in [-0.25, -0.2) is 4.52 Å². The number of hydrogen-bond donors (Lipinski definition) is 2. The molecule has 0 spiro atoms. The SMILES string of the molecule is COc1ccc(C(C)NC(=O)c2cn(C)c3ccc(-c4ccn5nc(NC=O)nc5c4)cc23)cc1. The number of pyridine rings is 1. The minimum absolute atomic E-state index is 0.145. The van der Waals surface area contributed by atoms with Gasteiger partial charge in [0.1, 0.15) is 5.75 Å². The molecule has 0 aliphatic rings. The Morgan fingerprint density at radius 1 is 1.09 bits per heavy atom. The van der Waals surface area contributed by atoms with Gasteiger partial charge in [0.2, 0.25) is 12.4 Å². The highest BCUT2D eigenvalue weighted by Crippen LogP contribution is 2.29. The molecule has 0 radical (unpaired) electrons. The number of aryl methyl sites for hydroxylation is 1. The molecule has 2 aromatic carbocycles. The Morgan fingerprint density at radius 3 is 2.60 bits per heavy atom. The molecule has 9 nitrogen and oxygen atoms in total. The molecule has 0 aliphatic carbocycles. The van der Waals surface area contributed by atoms with Gasteiger partial charge in [0, 0.05) is 30.3 Å². The van der Waals surface area contributed by atoms with E-state index in [1.54, 1.807) is 17.8 Å². The maximum Gasteiger partial charge on any atom is 0.253 e. The van der Waals surface area contributed by atoms with E-state index in [9.17, 15) is 9.59 Å². The first-order valence-corrected chi connectivity index (χ1v) is 11.1. The largest absolute Gasteiger partial charge is 0.497 e. The zero-order valence-corrected chi connectivity index (χ0v) is 19.5. The number of anilines is 1. The van der Waals surface area contributed by atoms with E-state index in [0.717, 1.165) is 33.3 Å². The third-order valence-corrected chi connectivity index (χ3v) is 6.06. The quantitative estimate of drug-likeness (QED) is 0.352. The molecule has 35 heavy (non-hydrogen) atoms. The minimum atomic E-state index is -0.170. The Balaban J connectivity index is 1.46. The molecule has 3 heterocycles. The lowest BCUT2D eigenvalue weighted by molar-refractivity contribution is -0.105. The number of methoxy groups -OCH3 is 1. The zero-order chi connectivity index (χ0) is 24.5. The lowest BCUT2D eigenvalue weighted by atomic mass is 10.0. The van der Waals surface area contributed by atoms with Crippen LogP contribution in [0.25, 0.3) is 27.7 Å². The summed E-state index contributed by atoms with van der Waals surface area (Å²) in [5, 5.41) is 10.6. The van der Waals surface area contributed by atoms with E-state index in [2.05, 4.69) is 20.7 Å². The maximum absolute atomic E-state index is 13.3. The lowest BCUT2D eigenvalue weighted by Crippen LogP contribution is -2.26. The first-order valence-electron chi connectivity index (χ1n) is 11.1. The van der Waals surface area contributed by atoms with Gasteiger partial charge in [-0.1, -0.05) is 18.2 Å². The molecule has 1 atom stereocenters. The van der Waals surface area contributed by atoms with Crippen molar-refractivity contribution in [3.8, 4) is 16.9 Å². The van der Waals surface area contributed by atoms with Crippen molar-refractivity contribution in [1.82, 2.24) is 24.5 Å². The van der Waals surface area contributed by atoms with E-state index in [0.29, 0.717) is 17.6 Å². The second kappa shape index (κ2) is 8.94. The van der Waals surface area contributed by atoms with Gasteiger partial charge in [0.25, 0.3) is 5.91 Å². The smallest absolute Gasteiger partial charge is 0.253 e. The van der Waals surface area contributed by atoms with Crippen LogP contribution in [0.1, 0.15) is 28.9 Å². The van der Waals surface area contributed by atoms with Gasteiger partial charge in [-0.2, -0.15) is 4.98 Å². The highest BCUT2D eigenvalue weighted by molar-refractivity contribution is 6.08. The van der Waals surface area contributed by atoms with Gasteiger partial charge in [-0.05, 0) is 60.0 Å². The summed E-state index contributed by atoms with van der Waals surface area (Å²) in [6.07, 6.45) is 4.18. The van der Waals surface area contributed by atoms with E-state index in [-0.39, 0.29) is 17.9 Å². The van der Waals surface area contributed by atoms with Gasteiger partial charge in [0.15, 0.2) is 5.65 Å². The predicted molar refractivity (Wildman–Crippen MR) is 133 cm³/mol. The van der Waals surface area contributed by atoms with Crippen LogP contribution in [0.5, 0.6) is 5.75 Å². The van der Waals surface area contributed by atoms with Crippen LogP contribution in [-0.2, 0) is 11.8 Å². The average molecular weight is 469 g/mol. The lowest BCUT2D eigenvalue weighted by Gasteiger charge is -2.14. The molecule has 2 amide bonds. The fourth-order valence-electron chi connectivity index (χ4n) is 4.18. The number of ether oxygens (including phenoxy) is 1. The Bertz CT molecular complexity index is 1550. The molecule has 0 saturated heterocycles. The maximum atomic E-state index is 13.3. The van der Waals surface area contributed by atoms with Gasteiger partial charge in [-0.3, -0.25) is 14.9 Å². The van der Waals surface area contributed by atoms with Crippen LogP contribution in [0.3, 0.4) is 0 Å². The van der Waals surface area contributed by atoms with Crippen LogP contribution in [0.4, 0.5) is 5.95 Å². The number of nitrogens with one attached hydrogen (secondary N) is 2. The van der Waals surface area contributed by atoms with Crippen LogP contribution in [0, 0.1) is 0 Å². The number of rotatable bonds is 7. The third-order valence-electron chi connectivity index (χ3n) is 6.06. The fourth-order valence-corrected chi connectivity index (χ4v) is 4.18. The second-order valence-electron chi connectivity index (χ2n) is 8.27. The fraction of sp³-hybridized carbons (Fsp3) is 0.154. The van der Waals surface area contributed by atoms with E-state index in [1.807, 2.05) is 79.3 Å². The minimum Gasteiger partial charge on any atom is -0.497 e. The molecule has 5 rings (SSSR count). The summed E-state index contributed by atoms with van der Waals surface area (Å²) in [5.74, 6) is 0.864. The van der Waals surface area contributed by atoms with Crippen molar-refractivity contribution in [2.45, 2.75) is 13.0 Å². The van der Waals surface area contributed by atoms with Crippen molar-refractivity contribution in [3.63, 3.8) is 0 Å². The number of carbonyl (C=O) groups is 2. The number of fused-ring (bicyclic) bond motifs is 2. The first kappa shape index (κ1) is 22.1. The number of carbonyl (C=O) groups excluding carboxylic acids is 2. The molecule has 0 saturated carbocycles. The molecule has 2 N–H and O–H groups in total. The van der Waals surface area contributed by atoms with Crippen LogP contribution in [0.2, 0.25) is 0 Å². The molecular formula is C26H24N6O3. The molecular weight excluding hydrogens is 444 g/mol. The number of aromatic nitrogens is 4. The molecule has 176 valence electrons. The summed E-state index contributed by atoms with van der Waals surface area (Å²) in [6, 6.07) is 17.3. The zero-order valence-electron chi connectivity index (χ0n) is 19.5. The van der Waals surface area contributed by atoms with Crippen molar-refractivity contribution in [3.05, 3.63) is 78.1 Å². The van der Waals surface area contributed by atoms with E-state index >= 15 is 0 Å². The summed E-state index contributed by atoms with van der Waals surface area (Å²) < 4.78 is 8.76. The van der Waals surface area contributed by atoms with Crippen molar-refractivity contribution >= 4 is 34.8 Å². The Kier molecular flexibility index (Phi) is 5.66. The summed E-state index contributed by atoms with van der Waals surface area (Å²) in [4.78, 5) is 28.3. The highest BCUT2D eigenvalue weighted by atomic mass is 16.5. The summed E-state index contributed by atoms with van der Waals surface area (Å²) in [6.45, 7) is 1.96. The molecule has 0 fully saturated rings. The van der Waals surface area contributed by atoms with Crippen molar-refractivity contribution < 1.29 is 14.3 Å². The van der Waals surface area contributed by atoms with E-state index < -0.39 is 0 Å². The van der Waals surface area contributed by atoms with Crippen molar-refractivity contribution in [1.29, 1.82) is 0 Å². The molecule has 1 unspecified atom stereocenters. The molecule has 3 aromatic heterocycles. The van der Waals surface area contributed by atoms with E-state index in [4.69, 9.17) is 4.74 Å². The van der Waals surface area contributed by atoms with Crippen molar-refractivity contribution in [2.24, 2.45) is 7.05 Å². The summed E-state index contributed by atoms with van der Waals surface area (Å²) in [7, 11) is 3.55. The van der Waals surface area contributed by atoms with Gasteiger partial charge >= 0.3 is 0 Å². The summed E-state index contributed by atoms with van der Waals surface area (Å²) in [5.41, 5.74) is 5.02. The first-order chi connectivity index (χ1) is 17.0. The highest BCUT2D eigenvalue weighted by Gasteiger charge is 2.18. The molecule has 0 bridgehead atoms. The molecule has 0 aliphatic heterocycles. The Morgan fingerprint density at radius 2 is 1.86 bits per heavy atom. The molecule has 9 heteroatoms. The number of benzene rings is 2. The monoisotopic (exact) mass is 468 g/mol. The normalized spacial score (nSPS) is 12.0. The molecule has 5 aromatic rings. The number of nitrogens with zero attached hydrogens (tertiary/aromatic N) is 4. The number of amides is 2. The third kappa shape index (κ3) is 4.19. The van der Waals surface area contributed by atoms with E-state index in [1.165, 1.54) is 0 Å². The Labute approximate surface area is 201 Å². The topological polar surface area (TPSA) is 103 Å². The van der Waals surface area contributed by atoms with Crippen LogP contribution < -0.4 is 15.4 Å². The number of hydrogen-bond acceptors (Lipinski definition) is 5. The average Bonchev–Trinajstić information content (AvgIpc) is 3.43. The predicted octanol–water partition coefficient (Wildman–Crippen LogP) is 3.96. The van der Waals surface area contributed by atoms with Crippen LogP contribution in [0.15, 0.2) is 67.0 Å². The van der Waals surface area contributed by atoms with Gasteiger partial charge in [-0.15, -0.1) is 5.10 Å². The van der Waals surface area contributed by atoms with Crippen molar-refractivity contribution in [2.75, 3.05) is 12.4 Å². The Hall–Kier alpha value is -4.66. The second-order valence-corrected chi connectivity index (χ2v) is 8.27. The van der Waals surface area contributed by atoms with Crippen LogP contribution >= 0.6 is 0 Å². The standard InChI is InChI=1S/C26H24N6O3/c1-16(17-4-7-20(35-3)8-5-17)28-25(34)22-14-31(2)23-9-6-18(12-21(22)23)19-10-11-32-24(13-19)29-26(30-32)27-15-33/h4-16H,1-3H3,(H,28,34)(H,27,30,33). The summed E-state index contributed by atoms with van der Waals surface area (Å²) >= 11 is 0. The van der Waals surface area contributed by atoms with Gasteiger partial charge < -0.3 is 14.6 Å². The van der Waals surface area contributed by atoms with Gasteiger partial charge in [0.05, 0.1) is 18.7 Å².